The van der Waals surface area contributed by atoms with Crippen molar-refractivity contribution < 1.29 is 42.4 Å². The Morgan fingerprint density at radius 2 is 1.81 bits per heavy atom. The topological polar surface area (TPSA) is 156 Å². The third-order valence-electron chi connectivity index (χ3n) is 7.61. The fourth-order valence-corrected chi connectivity index (χ4v) is 7.11. The molecule has 4 aromatic rings. The number of nitrogens with one attached hydrogen (secondary N) is 2. The molecule has 14 heteroatoms. The lowest BCUT2D eigenvalue weighted by molar-refractivity contribution is -0.144. The van der Waals surface area contributed by atoms with Gasteiger partial charge < -0.3 is 29.3 Å². The van der Waals surface area contributed by atoms with Crippen molar-refractivity contribution >= 4 is 36.2 Å². The summed E-state index contributed by atoms with van der Waals surface area (Å²) in [6.07, 6.45) is 0.346. The summed E-state index contributed by atoms with van der Waals surface area (Å²) in [5.74, 6) is -2.04. The summed E-state index contributed by atoms with van der Waals surface area (Å²) < 4.78 is 43.9. The van der Waals surface area contributed by atoms with Gasteiger partial charge in [-0.25, -0.2) is 9.48 Å². The molecule has 0 saturated heterocycles. The predicted molar refractivity (Wildman–Crippen MR) is 175 cm³/mol. The number of aromatic hydroxyl groups is 1. The Balaban J connectivity index is 1.32. The number of para-hydroxylation sites is 1. The van der Waals surface area contributed by atoms with Crippen LogP contribution in [0.3, 0.4) is 0 Å². The van der Waals surface area contributed by atoms with Crippen LogP contribution in [0.15, 0.2) is 72.9 Å². The molecule has 0 saturated carbocycles. The maximum Gasteiger partial charge on any atom is 0.342 e. The lowest BCUT2D eigenvalue weighted by atomic mass is 9.96. The highest BCUT2D eigenvalue weighted by atomic mass is 31.2. The molecule has 5 rings (SSSR count). The highest BCUT2D eigenvalue weighted by Gasteiger charge is 2.37. The maximum atomic E-state index is 13.8. The van der Waals surface area contributed by atoms with Gasteiger partial charge in [0.2, 0.25) is 0 Å². The van der Waals surface area contributed by atoms with Gasteiger partial charge in [0.05, 0.1) is 23.8 Å². The van der Waals surface area contributed by atoms with Gasteiger partial charge in [-0.1, -0.05) is 36.4 Å². The van der Waals surface area contributed by atoms with Gasteiger partial charge in [-0.05, 0) is 56.7 Å². The van der Waals surface area contributed by atoms with Gasteiger partial charge in [0.25, 0.3) is 11.8 Å². The zero-order valence-electron chi connectivity index (χ0n) is 26.6. The number of halogens is 1. The Labute approximate surface area is 276 Å². The number of hydrogen-bond acceptors (Lipinski definition) is 9. The number of nitrogens with zero attached hydrogens (tertiary/aromatic N) is 2. The molecule has 1 aliphatic heterocycles. The fourth-order valence-electron chi connectivity index (χ4n) is 5.32. The van der Waals surface area contributed by atoms with Crippen LogP contribution in [0.4, 0.5) is 4.39 Å². The second-order valence-electron chi connectivity index (χ2n) is 11.3. The summed E-state index contributed by atoms with van der Waals surface area (Å²) in [5.41, 5.74) is 1.28. The summed E-state index contributed by atoms with van der Waals surface area (Å²) in [6.45, 7) is 5.12. The van der Waals surface area contributed by atoms with Crippen LogP contribution in [-0.4, -0.2) is 64.4 Å². The Kier molecular flexibility index (Phi) is 10.7. The van der Waals surface area contributed by atoms with Gasteiger partial charge in [0, 0.05) is 36.8 Å². The molecule has 3 atom stereocenters. The standard InChI is InChI=1S/C34H36FN4O8P/c1-4-45-34(43)22(3)38-48(44,47-25-9-6-5-7-10-25)20-46-21(2)17-37-32(41)28-26-11-8-16-36-30(26)31(40)29-27(28)19-39(33(29)42)18-23-12-14-24(35)15-13-23/h5-16,21-22,40H,4,17-20H2,1-3H3,(H,37,41)(H,38,44)/t21-,22-,48?/m1/s1. The molecular weight excluding hydrogens is 642 g/mol. The number of rotatable bonds is 14. The van der Waals surface area contributed by atoms with E-state index in [1.165, 1.54) is 30.2 Å². The van der Waals surface area contributed by atoms with E-state index in [0.717, 1.165) is 0 Å². The average molecular weight is 679 g/mol. The zero-order chi connectivity index (χ0) is 34.4. The normalized spacial score (nSPS) is 15.0. The first kappa shape index (κ1) is 34.5. The van der Waals surface area contributed by atoms with Crippen molar-refractivity contribution in [3.05, 3.63) is 101 Å². The first-order valence-electron chi connectivity index (χ1n) is 15.3. The van der Waals surface area contributed by atoms with E-state index in [4.69, 9.17) is 14.0 Å². The molecule has 12 nitrogen and oxygen atoms in total. The number of phenols is 1. The Morgan fingerprint density at radius 1 is 1.08 bits per heavy atom. The van der Waals surface area contributed by atoms with E-state index in [2.05, 4.69) is 15.4 Å². The van der Waals surface area contributed by atoms with Crippen molar-refractivity contribution in [3.63, 3.8) is 0 Å². The second kappa shape index (κ2) is 14.9. The molecule has 0 fully saturated rings. The Bertz CT molecular complexity index is 1860. The van der Waals surface area contributed by atoms with E-state index >= 15 is 0 Å². The van der Waals surface area contributed by atoms with Crippen LogP contribution < -0.4 is 14.9 Å². The van der Waals surface area contributed by atoms with Crippen molar-refractivity contribution in [2.75, 3.05) is 19.5 Å². The second-order valence-corrected chi connectivity index (χ2v) is 13.3. The van der Waals surface area contributed by atoms with Crippen molar-refractivity contribution in [1.29, 1.82) is 0 Å². The minimum absolute atomic E-state index is 0.0152. The lowest BCUT2D eigenvalue weighted by Crippen LogP contribution is -2.37. The minimum Gasteiger partial charge on any atom is -0.505 e. The fraction of sp³-hybridized carbons (Fsp3) is 0.294. The zero-order valence-corrected chi connectivity index (χ0v) is 27.5. The van der Waals surface area contributed by atoms with Crippen LogP contribution in [0.2, 0.25) is 0 Å². The van der Waals surface area contributed by atoms with Crippen LogP contribution in [-0.2, 0) is 31.9 Å². The summed E-state index contributed by atoms with van der Waals surface area (Å²) in [6, 6.07) is 16.5. The third kappa shape index (κ3) is 7.82. The molecule has 3 aromatic carbocycles. The Hall–Kier alpha value is -4.84. The molecule has 2 amide bonds. The van der Waals surface area contributed by atoms with Crippen LogP contribution in [0.5, 0.6) is 11.5 Å². The average Bonchev–Trinajstić information content (AvgIpc) is 3.39. The number of fused-ring (bicyclic) bond motifs is 2. The van der Waals surface area contributed by atoms with Gasteiger partial charge >= 0.3 is 13.5 Å². The monoisotopic (exact) mass is 678 g/mol. The molecule has 0 radical (unpaired) electrons. The summed E-state index contributed by atoms with van der Waals surface area (Å²) >= 11 is 0. The van der Waals surface area contributed by atoms with E-state index in [-0.39, 0.29) is 48.6 Å². The number of phenolic OH excluding ortho intramolecular Hbond substituents is 1. The van der Waals surface area contributed by atoms with E-state index in [0.29, 0.717) is 22.3 Å². The minimum atomic E-state index is -3.81. The van der Waals surface area contributed by atoms with Gasteiger partial charge in [0.15, 0.2) is 5.75 Å². The molecule has 2 heterocycles. The number of hydrogen-bond donors (Lipinski definition) is 3. The highest BCUT2D eigenvalue weighted by Crippen LogP contribution is 2.44. The number of carbonyl (C=O) groups is 3. The lowest BCUT2D eigenvalue weighted by Gasteiger charge is -2.25. The van der Waals surface area contributed by atoms with Crippen molar-refractivity contribution in [1.82, 2.24) is 20.3 Å². The van der Waals surface area contributed by atoms with E-state index < -0.39 is 49.6 Å². The van der Waals surface area contributed by atoms with Gasteiger partial charge in [-0.2, -0.15) is 0 Å². The van der Waals surface area contributed by atoms with Crippen LogP contribution in [0, 0.1) is 5.82 Å². The Morgan fingerprint density at radius 3 is 2.52 bits per heavy atom. The van der Waals surface area contributed by atoms with Crippen molar-refractivity contribution in [2.45, 2.75) is 46.0 Å². The number of pyridine rings is 1. The first-order valence-corrected chi connectivity index (χ1v) is 17.1. The van der Waals surface area contributed by atoms with E-state index in [9.17, 15) is 28.4 Å². The quantitative estimate of drug-likeness (QED) is 0.121. The first-order chi connectivity index (χ1) is 23.0. The molecule has 1 aliphatic rings. The molecule has 252 valence electrons. The maximum absolute atomic E-state index is 13.8. The summed E-state index contributed by atoms with van der Waals surface area (Å²) in [5, 5.41) is 17.0. The molecule has 1 aromatic heterocycles. The molecule has 48 heavy (non-hydrogen) atoms. The van der Waals surface area contributed by atoms with E-state index in [1.54, 1.807) is 68.4 Å². The van der Waals surface area contributed by atoms with Crippen molar-refractivity contribution in [3.8, 4) is 11.5 Å². The largest absolute Gasteiger partial charge is 0.505 e. The summed E-state index contributed by atoms with van der Waals surface area (Å²) in [7, 11) is -3.81. The third-order valence-corrected chi connectivity index (χ3v) is 9.39. The number of carbonyl (C=O) groups excluding carboxylic acids is 3. The molecule has 0 spiro atoms. The molecule has 0 bridgehead atoms. The number of ether oxygens (including phenoxy) is 2. The smallest absolute Gasteiger partial charge is 0.342 e. The van der Waals surface area contributed by atoms with E-state index in [1.807, 2.05) is 0 Å². The summed E-state index contributed by atoms with van der Waals surface area (Å²) in [4.78, 5) is 45.2. The SMILES string of the molecule is CCOC(=O)[C@@H](C)NP(=O)(CO[C@H](C)CNC(=O)c1c2c(c(O)c3ncccc13)C(=O)N(Cc1ccc(F)cc1)C2)Oc1ccccc1. The number of aromatic nitrogens is 1. The van der Waals surface area contributed by atoms with Crippen LogP contribution in [0.1, 0.15) is 52.6 Å². The van der Waals surface area contributed by atoms with Crippen molar-refractivity contribution in [2.24, 2.45) is 0 Å². The van der Waals surface area contributed by atoms with Gasteiger partial charge in [-0.15, -0.1) is 0 Å². The molecule has 1 unspecified atom stereocenters. The number of amides is 2. The molecular formula is C34H36FN4O8P. The van der Waals surface area contributed by atoms with Crippen LogP contribution >= 0.6 is 7.52 Å². The highest BCUT2D eigenvalue weighted by molar-refractivity contribution is 7.57. The van der Waals surface area contributed by atoms with Gasteiger partial charge in [0.1, 0.15) is 29.5 Å². The molecule has 0 aliphatic carbocycles. The number of esters is 1. The predicted octanol–water partition coefficient (Wildman–Crippen LogP) is 5.14. The van der Waals surface area contributed by atoms with Gasteiger partial charge in [-0.3, -0.25) is 23.9 Å². The van der Waals surface area contributed by atoms with Crippen LogP contribution in [0.25, 0.3) is 10.9 Å². The number of benzene rings is 3. The molecule has 3 N–H and O–H groups in total.